The molecule has 0 amide bonds. The molecule has 0 N–H and O–H groups in total. The summed E-state index contributed by atoms with van der Waals surface area (Å²) in [6, 6.07) is 0.0224. The van der Waals surface area contributed by atoms with E-state index in [1.54, 1.807) is 19.0 Å². The number of hydrogen-bond acceptors (Lipinski definition) is 5. The van der Waals surface area contributed by atoms with Crippen molar-refractivity contribution in [2.75, 3.05) is 28.0 Å². The molecular weight excluding hydrogens is 215 g/mol. The summed E-state index contributed by atoms with van der Waals surface area (Å²) >= 11 is 0. The standard InChI is InChI=1S/C9H13FN4O2/c1-14(2)5-12-8-7(10)4-11-9(13-8)16-6-15-3/h4-5H,6H2,1-3H3. The van der Waals surface area contributed by atoms with Gasteiger partial charge in [0.2, 0.25) is 0 Å². The lowest BCUT2D eigenvalue weighted by Crippen LogP contribution is -2.08. The van der Waals surface area contributed by atoms with E-state index in [0.717, 1.165) is 6.20 Å². The van der Waals surface area contributed by atoms with Gasteiger partial charge in [-0.1, -0.05) is 0 Å². The highest BCUT2D eigenvalue weighted by molar-refractivity contribution is 5.59. The Labute approximate surface area is 92.7 Å². The monoisotopic (exact) mass is 228 g/mol. The number of aliphatic imine (C=N–C) groups is 1. The lowest BCUT2D eigenvalue weighted by molar-refractivity contribution is 0.0442. The van der Waals surface area contributed by atoms with Gasteiger partial charge in [-0.3, -0.25) is 0 Å². The summed E-state index contributed by atoms with van der Waals surface area (Å²) in [4.78, 5) is 12.9. The number of methoxy groups -OCH3 is 1. The number of nitrogens with zero attached hydrogens (tertiary/aromatic N) is 4. The lowest BCUT2D eigenvalue weighted by atomic mass is 10.5. The first-order valence-electron chi connectivity index (χ1n) is 4.48. The van der Waals surface area contributed by atoms with E-state index in [0.29, 0.717) is 0 Å². The van der Waals surface area contributed by atoms with Crippen molar-refractivity contribution in [1.82, 2.24) is 14.9 Å². The molecule has 0 saturated heterocycles. The molecule has 0 fully saturated rings. The molecule has 88 valence electrons. The second-order valence-corrected chi connectivity index (χ2v) is 3.08. The Hall–Kier alpha value is -1.76. The van der Waals surface area contributed by atoms with Gasteiger partial charge in [0.15, 0.2) is 18.4 Å². The second-order valence-electron chi connectivity index (χ2n) is 3.08. The molecule has 0 aliphatic rings. The molecule has 0 aliphatic carbocycles. The summed E-state index contributed by atoms with van der Waals surface area (Å²) in [5.41, 5.74) is 0. The molecular formula is C9H13FN4O2. The van der Waals surface area contributed by atoms with E-state index in [2.05, 4.69) is 19.7 Å². The largest absolute Gasteiger partial charge is 0.436 e. The van der Waals surface area contributed by atoms with Crippen molar-refractivity contribution in [3.8, 4) is 6.01 Å². The fourth-order valence-corrected chi connectivity index (χ4v) is 0.784. The Bertz CT molecular complexity index is 371. The van der Waals surface area contributed by atoms with Crippen LogP contribution in [-0.2, 0) is 4.74 Å². The third kappa shape index (κ3) is 3.77. The number of aromatic nitrogens is 2. The molecule has 1 rings (SSSR count). The maximum Gasteiger partial charge on any atom is 0.320 e. The zero-order valence-electron chi connectivity index (χ0n) is 9.35. The third-order valence-electron chi connectivity index (χ3n) is 1.42. The van der Waals surface area contributed by atoms with E-state index in [-0.39, 0.29) is 18.6 Å². The van der Waals surface area contributed by atoms with E-state index >= 15 is 0 Å². The molecule has 0 spiro atoms. The predicted molar refractivity (Wildman–Crippen MR) is 56.3 cm³/mol. The zero-order chi connectivity index (χ0) is 12.0. The van der Waals surface area contributed by atoms with Gasteiger partial charge in [-0.15, -0.1) is 0 Å². The highest BCUT2D eigenvalue weighted by atomic mass is 19.1. The molecule has 0 aliphatic heterocycles. The van der Waals surface area contributed by atoms with E-state index < -0.39 is 5.82 Å². The molecule has 7 heteroatoms. The molecule has 1 heterocycles. The number of hydrogen-bond donors (Lipinski definition) is 0. The fraction of sp³-hybridized carbons (Fsp3) is 0.444. The Balaban J connectivity index is 2.81. The van der Waals surface area contributed by atoms with Crippen LogP contribution in [0.5, 0.6) is 6.01 Å². The van der Waals surface area contributed by atoms with Crippen LogP contribution >= 0.6 is 0 Å². The smallest absolute Gasteiger partial charge is 0.320 e. The minimum Gasteiger partial charge on any atom is -0.436 e. The Morgan fingerprint density at radius 2 is 2.31 bits per heavy atom. The van der Waals surface area contributed by atoms with E-state index in [1.165, 1.54) is 13.4 Å². The number of rotatable bonds is 5. The lowest BCUT2D eigenvalue weighted by Gasteiger charge is -2.04. The molecule has 0 saturated carbocycles. The van der Waals surface area contributed by atoms with Crippen LogP contribution in [0.15, 0.2) is 11.2 Å². The Kier molecular flexibility index (Phi) is 4.59. The fourth-order valence-electron chi connectivity index (χ4n) is 0.784. The van der Waals surface area contributed by atoms with Gasteiger partial charge in [0, 0.05) is 21.2 Å². The maximum atomic E-state index is 13.2. The summed E-state index contributed by atoms with van der Waals surface area (Å²) < 4.78 is 22.8. The average molecular weight is 228 g/mol. The molecule has 6 nitrogen and oxygen atoms in total. The predicted octanol–water partition coefficient (Wildman–Crippen LogP) is 0.820. The Morgan fingerprint density at radius 1 is 1.56 bits per heavy atom. The SMILES string of the molecule is COCOc1ncc(F)c(N=CN(C)C)n1. The van der Waals surface area contributed by atoms with E-state index in [9.17, 15) is 4.39 Å². The number of halogens is 1. The minimum atomic E-state index is -0.608. The van der Waals surface area contributed by atoms with Gasteiger partial charge in [-0.2, -0.15) is 4.98 Å². The first kappa shape index (κ1) is 12.3. The summed E-state index contributed by atoms with van der Waals surface area (Å²) in [7, 11) is 5.00. The third-order valence-corrected chi connectivity index (χ3v) is 1.42. The van der Waals surface area contributed by atoms with Gasteiger partial charge in [0.25, 0.3) is 0 Å². The molecule has 16 heavy (non-hydrogen) atoms. The normalized spacial score (nSPS) is 10.8. The Morgan fingerprint density at radius 3 is 2.94 bits per heavy atom. The molecule has 1 aromatic rings. The molecule has 0 aromatic carbocycles. The van der Waals surface area contributed by atoms with Gasteiger partial charge in [0.1, 0.15) is 0 Å². The summed E-state index contributed by atoms with van der Waals surface area (Å²) in [6.45, 7) is 0.00245. The maximum absolute atomic E-state index is 13.2. The van der Waals surface area contributed by atoms with Crippen LogP contribution in [0.4, 0.5) is 10.2 Å². The molecule has 0 radical (unpaired) electrons. The van der Waals surface area contributed by atoms with Crippen LogP contribution in [0.1, 0.15) is 0 Å². The van der Waals surface area contributed by atoms with Crippen LogP contribution in [0.2, 0.25) is 0 Å². The van der Waals surface area contributed by atoms with Gasteiger partial charge in [-0.05, 0) is 0 Å². The van der Waals surface area contributed by atoms with Crippen molar-refractivity contribution < 1.29 is 13.9 Å². The van der Waals surface area contributed by atoms with Crippen molar-refractivity contribution in [3.63, 3.8) is 0 Å². The molecule has 0 unspecified atom stereocenters. The highest BCUT2D eigenvalue weighted by Crippen LogP contribution is 2.15. The van der Waals surface area contributed by atoms with Gasteiger partial charge < -0.3 is 14.4 Å². The van der Waals surface area contributed by atoms with Gasteiger partial charge in [0.05, 0.1) is 12.5 Å². The van der Waals surface area contributed by atoms with Crippen molar-refractivity contribution in [2.24, 2.45) is 4.99 Å². The van der Waals surface area contributed by atoms with Crippen LogP contribution in [0.25, 0.3) is 0 Å². The van der Waals surface area contributed by atoms with Crippen LogP contribution in [0.3, 0.4) is 0 Å². The van der Waals surface area contributed by atoms with Crippen molar-refractivity contribution in [3.05, 3.63) is 12.0 Å². The first-order chi connectivity index (χ1) is 7.63. The van der Waals surface area contributed by atoms with Gasteiger partial charge in [-0.25, -0.2) is 14.4 Å². The second kappa shape index (κ2) is 5.96. The average Bonchev–Trinajstić information content (AvgIpc) is 2.26. The minimum absolute atomic E-state index is 0.00245. The van der Waals surface area contributed by atoms with Crippen molar-refractivity contribution in [1.29, 1.82) is 0 Å². The van der Waals surface area contributed by atoms with Crippen molar-refractivity contribution >= 4 is 12.2 Å². The first-order valence-corrected chi connectivity index (χ1v) is 4.48. The van der Waals surface area contributed by atoms with Crippen molar-refractivity contribution in [2.45, 2.75) is 0 Å². The summed E-state index contributed by atoms with van der Waals surface area (Å²) in [6.07, 6.45) is 2.44. The molecule has 0 atom stereocenters. The van der Waals surface area contributed by atoms with Crippen LogP contribution in [-0.4, -0.2) is 49.2 Å². The highest BCUT2D eigenvalue weighted by Gasteiger charge is 2.06. The van der Waals surface area contributed by atoms with Crippen LogP contribution < -0.4 is 4.74 Å². The quantitative estimate of drug-likeness (QED) is 0.424. The van der Waals surface area contributed by atoms with Crippen LogP contribution in [0, 0.1) is 5.82 Å². The van der Waals surface area contributed by atoms with Gasteiger partial charge >= 0.3 is 6.01 Å². The number of ether oxygens (including phenoxy) is 2. The zero-order valence-corrected chi connectivity index (χ0v) is 9.35. The summed E-state index contributed by atoms with van der Waals surface area (Å²) in [5.74, 6) is -0.683. The molecule has 0 bridgehead atoms. The van der Waals surface area contributed by atoms with E-state index in [4.69, 9.17) is 4.74 Å². The van der Waals surface area contributed by atoms with E-state index in [1.807, 2.05) is 0 Å². The topological polar surface area (TPSA) is 59.8 Å². The molecule has 1 aromatic heterocycles. The summed E-state index contributed by atoms with van der Waals surface area (Å²) in [5, 5.41) is 0.